The molecule has 8 nitrogen and oxygen atoms in total. The first-order valence-electron chi connectivity index (χ1n) is 10.3. The molecule has 0 bridgehead atoms. The third-order valence-corrected chi connectivity index (χ3v) is 4.67. The van der Waals surface area contributed by atoms with Gasteiger partial charge < -0.3 is 24.1 Å². The molecule has 1 heterocycles. The highest BCUT2D eigenvalue weighted by Crippen LogP contribution is 2.23. The molecule has 0 aromatic heterocycles. The van der Waals surface area contributed by atoms with Gasteiger partial charge in [0, 0.05) is 16.0 Å². The van der Waals surface area contributed by atoms with Crippen LogP contribution in [0.5, 0.6) is 11.5 Å². The van der Waals surface area contributed by atoms with Crippen molar-refractivity contribution in [2.24, 2.45) is 5.11 Å². The minimum absolute atomic E-state index is 0.0239. The van der Waals surface area contributed by atoms with Crippen molar-refractivity contribution in [1.29, 1.82) is 0 Å². The predicted octanol–water partition coefficient (Wildman–Crippen LogP) is 3.98. The summed E-state index contributed by atoms with van der Waals surface area (Å²) in [5.41, 5.74) is 10.9. The van der Waals surface area contributed by atoms with E-state index in [1.165, 1.54) is 0 Å². The molecule has 3 rings (SSSR count). The molecule has 168 valence electrons. The van der Waals surface area contributed by atoms with Gasteiger partial charge in [0.25, 0.3) is 0 Å². The van der Waals surface area contributed by atoms with Gasteiger partial charge in [0.15, 0.2) is 5.79 Å². The molecule has 8 heteroatoms. The Kier molecular flexibility index (Phi) is 7.98. The molecular formula is C24H27N3O5. The lowest BCUT2D eigenvalue weighted by molar-refractivity contribution is -0.141. The summed E-state index contributed by atoms with van der Waals surface area (Å²) in [7, 11) is 0. The van der Waals surface area contributed by atoms with Crippen LogP contribution in [-0.4, -0.2) is 49.5 Å². The molecular weight excluding hydrogens is 410 g/mol. The lowest BCUT2D eigenvalue weighted by Crippen LogP contribution is -2.25. The highest BCUT2D eigenvalue weighted by atomic mass is 16.7. The van der Waals surface area contributed by atoms with Crippen molar-refractivity contribution < 1.29 is 24.1 Å². The monoisotopic (exact) mass is 437 g/mol. The molecule has 0 unspecified atom stereocenters. The second kappa shape index (κ2) is 10.9. The van der Waals surface area contributed by atoms with Gasteiger partial charge >= 0.3 is 0 Å². The molecule has 1 fully saturated rings. The Hall–Kier alpha value is -3.21. The van der Waals surface area contributed by atoms with Crippen LogP contribution in [0, 0.1) is 18.8 Å². The third-order valence-electron chi connectivity index (χ3n) is 4.67. The van der Waals surface area contributed by atoms with Crippen molar-refractivity contribution in [1.82, 2.24) is 0 Å². The number of nitrogens with zero attached hydrogens (tertiary/aromatic N) is 3. The van der Waals surface area contributed by atoms with Crippen molar-refractivity contribution in [3.05, 3.63) is 69.6 Å². The molecule has 0 amide bonds. The highest BCUT2D eigenvalue weighted by molar-refractivity contribution is 5.47. The SMILES string of the molecule is Cc1cc(C#Cc2ccc(OC[C@H]3COC(C)(C)O3)cc2)ccc1OC[C@H](O)CN=[N+]=[N-]. The van der Waals surface area contributed by atoms with Crippen molar-refractivity contribution in [2.75, 3.05) is 26.4 Å². The average molecular weight is 437 g/mol. The number of rotatable bonds is 8. The van der Waals surface area contributed by atoms with Gasteiger partial charge in [-0.3, -0.25) is 0 Å². The van der Waals surface area contributed by atoms with Crippen LogP contribution >= 0.6 is 0 Å². The van der Waals surface area contributed by atoms with Crippen molar-refractivity contribution in [3.63, 3.8) is 0 Å². The quantitative estimate of drug-likeness (QED) is 0.291. The van der Waals surface area contributed by atoms with Crippen LogP contribution in [-0.2, 0) is 9.47 Å². The zero-order valence-electron chi connectivity index (χ0n) is 18.4. The van der Waals surface area contributed by atoms with Crippen LogP contribution in [0.3, 0.4) is 0 Å². The Labute approximate surface area is 187 Å². The number of aliphatic hydroxyl groups is 1. The first-order valence-corrected chi connectivity index (χ1v) is 10.3. The van der Waals surface area contributed by atoms with E-state index in [-0.39, 0.29) is 19.3 Å². The highest BCUT2D eigenvalue weighted by Gasteiger charge is 2.32. The Morgan fingerprint density at radius 3 is 2.56 bits per heavy atom. The van der Waals surface area contributed by atoms with Gasteiger partial charge in [-0.1, -0.05) is 17.0 Å². The summed E-state index contributed by atoms with van der Waals surface area (Å²) in [6.07, 6.45) is -0.920. The van der Waals surface area contributed by atoms with E-state index < -0.39 is 11.9 Å². The Bertz CT molecular complexity index is 1020. The second-order valence-corrected chi connectivity index (χ2v) is 7.89. The summed E-state index contributed by atoms with van der Waals surface area (Å²) in [4.78, 5) is 2.62. The summed E-state index contributed by atoms with van der Waals surface area (Å²) in [5, 5.41) is 13.0. The zero-order valence-corrected chi connectivity index (χ0v) is 18.4. The molecule has 32 heavy (non-hydrogen) atoms. The standard InChI is InChI=1S/C24H27N3O5/c1-17-12-19(8-11-23(17)30-14-20(28)13-26-27-25)5-4-18-6-9-21(10-7-18)29-15-22-16-31-24(2,3)32-22/h6-12,20,22,28H,13-16H2,1-3H3/t20-,22+/m1/s1. The van der Waals surface area contributed by atoms with Gasteiger partial charge in [-0.2, -0.15) is 0 Å². The second-order valence-electron chi connectivity index (χ2n) is 7.89. The molecule has 1 saturated heterocycles. The van der Waals surface area contributed by atoms with Gasteiger partial charge in [0.2, 0.25) is 0 Å². The van der Waals surface area contributed by atoms with E-state index in [9.17, 15) is 5.11 Å². The normalized spacial score (nSPS) is 17.6. The number of aryl methyl sites for hydroxylation is 1. The maximum absolute atomic E-state index is 9.69. The summed E-state index contributed by atoms with van der Waals surface area (Å²) in [6.45, 7) is 6.68. The summed E-state index contributed by atoms with van der Waals surface area (Å²) in [5.74, 6) is 7.13. The molecule has 1 N–H and O–H groups in total. The fraction of sp³-hybridized carbons (Fsp3) is 0.417. The Balaban J connectivity index is 1.52. The van der Waals surface area contributed by atoms with Crippen LogP contribution in [0.25, 0.3) is 10.4 Å². The Morgan fingerprint density at radius 1 is 1.19 bits per heavy atom. The van der Waals surface area contributed by atoms with Crippen molar-refractivity contribution >= 4 is 0 Å². The maximum Gasteiger partial charge on any atom is 0.163 e. The number of benzene rings is 2. The lowest BCUT2D eigenvalue weighted by atomic mass is 10.1. The van der Waals surface area contributed by atoms with Crippen LogP contribution in [0.2, 0.25) is 0 Å². The molecule has 2 aromatic carbocycles. The van der Waals surface area contributed by atoms with Crippen LogP contribution in [0.1, 0.15) is 30.5 Å². The Morgan fingerprint density at radius 2 is 1.91 bits per heavy atom. The van der Waals surface area contributed by atoms with Crippen molar-refractivity contribution in [3.8, 4) is 23.3 Å². The number of aliphatic hydroxyl groups excluding tert-OH is 1. The summed E-state index contributed by atoms with van der Waals surface area (Å²) in [6, 6.07) is 13.2. The molecule has 0 spiro atoms. The minimum Gasteiger partial charge on any atom is -0.491 e. The van der Waals surface area contributed by atoms with Crippen molar-refractivity contribution in [2.45, 2.75) is 38.8 Å². The fourth-order valence-corrected chi connectivity index (χ4v) is 3.07. The van der Waals surface area contributed by atoms with E-state index >= 15 is 0 Å². The van der Waals surface area contributed by atoms with Gasteiger partial charge in [-0.25, -0.2) is 0 Å². The zero-order chi connectivity index (χ0) is 23.0. The topological polar surface area (TPSA) is 106 Å². The minimum atomic E-state index is -0.845. The first-order chi connectivity index (χ1) is 15.3. The predicted molar refractivity (Wildman–Crippen MR) is 120 cm³/mol. The number of hydrogen-bond donors (Lipinski definition) is 1. The number of ether oxygens (including phenoxy) is 4. The first kappa shape index (κ1) is 23.5. The third kappa shape index (κ3) is 7.19. The van der Waals surface area contributed by atoms with E-state index in [1.807, 2.05) is 63.2 Å². The molecule has 0 radical (unpaired) electrons. The number of hydrogen-bond acceptors (Lipinski definition) is 6. The lowest BCUT2D eigenvalue weighted by Gasteiger charge is -2.17. The van der Waals surface area contributed by atoms with Crippen LogP contribution < -0.4 is 9.47 Å². The van der Waals surface area contributed by atoms with E-state index in [0.717, 1.165) is 22.4 Å². The van der Waals surface area contributed by atoms with Gasteiger partial charge in [0.05, 0.1) is 19.3 Å². The molecule has 0 saturated carbocycles. The van der Waals surface area contributed by atoms with Gasteiger partial charge in [-0.05, 0) is 74.3 Å². The largest absolute Gasteiger partial charge is 0.491 e. The molecule has 2 aromatic rings. The number of azide groups is 1. The fourth-order valence-electron chi connectivity index (χ4n) is 3.07. The molecule has 1 aliphatic rings. The van der Waals surface area contributed by atoms with Crippen LogP contribution in [0.4, 0.5) is 0 Å². The van der Waals surface area contributed by atoms with Crippen LogP contribution in [0.15, 0.2) is 47.6 Å². The smallest absolute Gasteiger partial charge is 0.163 e. The molecule has 1 aliphatic heterocycles. The summed E-state index contributed by atoms with van der Waals surface area (Å²) >= 11 is 0. The van der Waals surface area contributed by atoms with E-state index in [0.29, 0.717) is 19.0 Å². The average Bonchev–Trinajstić information content (AvgIpc) is 3.13. The molecule has 0 aliphatic carbocycles. The van der Waals surface area contributed by atoms with E-state index in [2.05, 4.69) is 21.9 Å². The maximum atomic E-state index is 9.69. The van der Waals surface area contributed by atoms with E-state index in [1.54, 1.807) is 0 Å². The van der Waals surface area contributed by atoms with E-state index in [4.69, 9.17) is 24.5 Å². The van der Waals surface area contributed by atoms with Gasteiger partial charge in [0.1, 0.15) is 30.8 Å². The molecule has 2 atom stereocenters. The van der Waals surface area contributed by atoms with Gasteiger partial charge in [-0.15, -0.1) is 0 Å². The summed E-state index contributed by atoms with van der Waals surface area (Å²) < 4.78 is 22.6.